The summed E-state index contributed by atoms with van der Waals surface area (Å²) in [4.78, 5) is 68.0. The van der Waals surface area contributed by atoms with Crippen molar-refractivity contribution in [1.82, 2.24) is 5.32 Å². The zero-order valence-corrected chi connectivity index (χ0v) is 35.2. The van der Waals surface area contributed by atoms with Gasteiger partial charge in [-0.3, -0.25) is 19.2 Å². The van der Waals surface area contributed by atoms with E-state index in [1.54, 1.807) is 20.8 Å². The van der Waals surface area contributed by atoms with Crippen molar-refractivity contribution in [2.45, 2.75) is 74.7 Å². The number of thioether (sulfide) groups is 1. The molecule has 3 atom stereocenters. The highest BCUT2D eigenvalue weighted by Crippen LogP contribution is 2.49. The van der Waals surface area contributed by atoms with Crippen LogP contribution >= 0.6 is 11.8 Å². The number of nitrogens with zero attached hydrogens (tertiary/aromatic N) is 3. The van der Waals surface area contributed by atoms with E-state index in [0.29, 0.717) is 67.6 Å². The topological polar surface area (TPSA) is 156 Å². The number of fused-ring (bicyclic) bond motifs is 5. The van der Waals surface area contributed by atoms with E-state index in [1.807, 2.05) is 38.2 Å². The van der Waals surface area contributed by atoms with Crippen LogP contribution in [0.1, 0.15) is 74.7 Å². The second kappa shape index (κ2) is 15.6. The molecule has 0 saturated carbocycles. The minimum Gasteiger partial charge on any atom is -0.510 e. The van der Waals surface area contributed by atoms with Crippen molar-refractivity contribution >= 4 is 52.4 Å². The maximum atomic E-state index is 13.6. The highest BCUT2D eigenvalue weighted by atomic mass is 32.2. The SMILES string of the molecule is C=CC1=C(C)C2=NC1=CC1=NC(=CC3=C(C)C4=C(O)C(C(=O)OC)C(=C5NC(=C2)C(C)C5CCC(=O)OCCSC2=C(C)C(=O)C(C)=C(C)C2=O)C4=N3)C(CC)=C1C. The van der Waals surface area contributed by atoms with Crippen molar-refractivity contribution in [2.75, 3.05) is 19.5 Å². The highest BCUT2D eigenvalue weighted by molar-refractivity contribution is 8.04. The van der Waals surface area contributed by atoms with Gasteiger partial charge in [-0.15, -0.1) is 11.8 Å². The molecule has 0 spiro atoms. The Morgan fingerprint density at radius 1 is 0.914 bits per heavy atom. The molecule has 2 N–H and O–H groups in total. The maximum absolute atomic E-state index is 13.6. The molecule has 58 heavy (non-hydrogen) atoms. The van der Waals surface area contributed by atoms with Crippen LogP contribution in [-0.4, -0.2) is 65.2 Å². The molecule has 7 rings (SSSR count). The summed E-state index contributed by atoms with van der Waals surface area (Å²) in [7, 11) is 1.29. The number of aliphatic imine (C=N–C) groups is 3. The lowest BCUT2D eigenvalue weighted by atomic mass is 9.84. The van der Waals surface area contributed by atoms with Gasteiger partial charge in [0.05, 0.1) is 46.2 Å². The first-order chi connectivity index (χ1) is 27.6. The molecule has 8 bridgehead atoms. The fraction of sp³-hybridized carbons (Fsp3) is 0.370. The number of aliphatic hydroxyl groups excluding tert-OH is 1. The summed E-state index contributed by atoms with van der Waals surface area (Å²) in [6.45, 7) is 19.2. The molecule has 5 heterocycles. The quantitative estimate of drug-likeness (QED) is 0.127. The minimum absolute atomic E-state index is 0.0550. The number of ether oxygens (including phenoxy) is 2. The molecule has 0 amide bonds. The number of esters is 2. The van der Waals surface area contributed by atoms with Gasteiger partial charge in [0.2, 0.25) is 0 Å². The normalized spacial score (nSPS) is 24.1. The van der Waals surface area contributed by atoms with Crippen molar-refractivity contribution in [1.29, 1.82) is 0 Å². The number of aliphatic hydroxyl groups is 1. The Kier molecular flexibility index (Phi) is 10.9. The summed E-state index contributed by atoms with van der Waals surface area (Å²) < 4.78 is 10.9. The number of carbonyl (C=O) groups excluding carboxylic acids is 4. The summed E-state index contributed by atoms with van der Waals surface area (Å²) in [5.74, 6) is -2.82. The smallest absolute Gasteiger partial charge is 0.321 e. The monoisotopic (exact) mass is 800 g/mol. The predicted octanol–water partition coefficient (Wildman–Crippen LogP) is 8.06. The van der Waals surface area contributed by atoms with E-state index in [2.05, 4.69) is 32.7 Å². The molecule has 2 aliphatic carbocycles. The number of hydrogen-bond donors (Lipinski definition) is 2. The molecule has 0 aromatic carbocycles. The lowest BCUT2D eigenvalue weighted by Gasteiger charge is -2.20. The molecule has 0 aromatic rings. The number of carbonyl (C=O) groups is 4. The number of hydrogen-bond acceptors (Lipinski definition) is 12. The molecule has 300 valence electrons. The van der Waals surface area contributed by atoms with Crippen molar-refractivity contribution in [3.63, 3.8) is 0 Å². The Labute approximate surface area is 343 Å². The molecule has 7 aliphatic rings. The second-order valence-corrected chi connectivity index (χ2v) is 16.5. The number of rotatable bonds is 10. The van der Waals surface area contributed by atoms with Crippen LogP contribution in [0.25, 0.3) is 0 Å². The van der Waals surface area contributed by atoms with Gasteiger partial charge in [0.15, 0.2) is 11.6 Å². The van der Waals surface area contributed by atoms with Crippen LogP contribution in [0, 0.1) is 17.8 Å². The van der Waals surface area contributed by atoms with Gasteiger partial charge in [-0.05, 0) is 94.9 Å². The molecule has 0 aromatic heterocycles. The molecular formula is C46H48N4O7S. The maximum Gasteiger partial charge on any atom is 0.321 e. The average molecular weight is 801 g/mol. The van der Waals surface area contributed by atoms with E-state index in [0.717, 1.165) is 57.2 Å². The van der Waals surface area contributed by atoms with Crippen molar-refractivity contribution < 1.29 is 33.8 Å². The van der Waals surface area contributed by atoms with Crippen LogP contribution in [-0.2, 0) is 28.7 Å². The fourth-order valence-corrected chi connectivity index (χ4v) is 9.62. The van der Waals surface area contributed by atoms with E-state index in [-0.39, 0.29) is 42.2 Å². The molecule has 0 radical (unpaired) electrons. The minimum atomic E-state index is -1.13. The van der Waals surface area contributed by atoms with Crippen molar-refractivity contribution in [3.8, 4) is 0 Å². The van der Waals surface area contributed by atoms with Crippen LogP contribution in [0.15, 0.2) is 141 Å². The lowest BCUT2D eigenvalue weighted by molar-refractivity contribution is -0.144. The van der Waals surface area contributed by atoms with Gasteiger partial charge >= 0.3 is 11.9 Å². The molecule has 11 nitrogen and oxygen atoms in total. The summed E-state index contributed by atoms with van der Waals surface area (Å²) in [6.07, 6.45) is 8.90. The first-order valence-electron chi connectivity index (χ1n) is 19.6. The van der Waals surface area contributed by atoms with E-state index < -0.39 is 17.9 Å². The van der Waals surface area contributed by atoms with Crippen LogP contribution in [0.3, 0.4) is 0 Å². The van der Waals surface area contributed by atoms with Crippen LogP contribution in [0.2, 0.25) is 0 Å². The van der Waals surface area contributed by atoms with Gasteiger partial charge in [-0.2, -0.15) is 0 Å². The van der Waals surface area contributed by atoms with Gasteiger partial charge in [0, 0.05) is 68.8 Å². The van der Waals surface area contributed by atoms with Gasteiger partial charge < -0.3 is 19.9 Å². The number of nitrogens with one attached hydrogen (secondary N) is 1. The number of Topliss-reactive ketones (excluding diaryl/α,β-unsaturated/α-hetero) is 2. The number of ketones is 2. The molecule has 5 aliphatic heterocycles. The zero-order chi connectivity index (χ0) is 41.9. The lowest BCUT2D eigenvalue weighted by Crippen LogP contribution is -2.25. The summed E-state index contributed by atoms with van der Waals surface area (Å²) in [5, 5.41) is 15.5. The Morgan fingerprint density at radius 2 is 1.60 bits per heavy atom. The third kappa shape index (κ3) is 6.60. The molecule has 1 fully saturated rings. The van der Waals surface area contributed by atoms with Crippen LogP contribution in [0.4, 0.5) is 0 Å². The Balaban J connectivity index is 1.25. The largest absolute Gasteiger partial charge is 0.510 e. The Bertz CT molecular complexity index is 2470. The zero-order valence-electron chi connectivity index (χ0n) is 34.4. The summed E-state index contributed by atoms with van der Waals surface area (Å²) >= 11 is 1.22. The number of allylic oxidation sites excluding steroid dienone is 15. The Hall–Kier alpha value is -5.62. The Morgan fingerprint density at radius 3 is 2.29 bits per heavy atom. The second-order valence-electron chi connectivity index (χ2n) is 15.4. The standard InChI is InChI=1S/C46H48N4O7S/c1-11-27-22(5)30-17-32-24(7)29(13-14-36(51)57-15-16-58-45-26(9)42(52)20(3)21(4)43(45)53)40(49-32)38-39(46(55)56-10)44(54)37-25(8)33(50-41(37)38)19-35-28(12-2)23(6)31(48-35)18-34(27)47-30/h11,17-19,24,29,39,49,54H,1,12-16H2,2-10H3. The highest BCUT2D eigenvalue weighted by Gasteiger charge is 2.49. The van der Waals surface area contributed by atoms with Gasteiger partial charge in [0.25, 0.3) is 0 Å². The molecule has 3 unspecified atom stereocenters. The van der Waals surface area contributed by atoms with Crippen LogP contribution < -0.4 is 5.32 Å². The van der Waals surface area contributed by atoms with E-state index in [1.165, 1.54) is 18.9 Å². The van der Waals surface area contributed by atoms with Crippen molar-refractivity contribution in [2.24, 2.45) is 32.7 Å². The summed E-state index contributed by atoms with van der Waals surface area (Å²) in [5.41, 5.74) is 12.7. The number of methoxy groups -OCH3 is 1. The van der Waals surface area contributed by atoms with E-state index >= 15 is 0 Å². The van der Waals surface area contributed by atoms with Crippen LogP contribution in [0.5, 0.6) is 0 Å². The first kappa shape index (κ1) is 40.6. The van der Waals surface area contributed by atoms with Gasteiger partial charge in [-0.1, -0.05) is 26.5 Å². The van der Waals surface area contributed by atoms with Crippen molar-refractivity contribution in [3.05, 3.63) is 126 Å². The van der Waals surface area contributed by atoms with E-state index in [9.17, 15) is 24.3 Å². The fourth-order valence-electron chi connectivity index (χ4n) is 8.66. The van der Waals surface area contributed by atoms with Gasteiger partial charge in [0.1, 0.15) is 18.3 Å². The third-order valence-corrected chi connectivity index (χ3v) is 13.4. The summed E-state index contributed by atoms with van der Waals surface area (Å²) in [6, 6.07) is 0. The average Bonchev–Trinajstić information content (AvgIpc) is 3.95. The predicted molar refractivity (Wildman–Crippen MR) is 227 cm³/mol. The third-order valence-electron chi connectivity index (χ3n) is 12.2. The van der Waals surface area contributed by atoms with E-state index in [4.69, 9.17) is 24.5 Å². The molecule has 12 heteroatoms. The van der Waals surface area contributed by atoms with Gasteiger partial charge in [-0.25, -0.2) is 15.0 Å². The first-order valence-corrected chi connectivity index (χ1v) is 20.6. The molecule has 1 saturated heterocycles. The molecular weight excluding hydrogens is 753 g/mol.